The largest absolute Gasteiger partial charge is 0.360 e. The van der Waals surface area contributed by atoms with E-state index in [1.807, 2.05) is 6.07 Å². The predicted octanol–water partition coefficient (Wildman–Crippen LogP) is 4.96. The molecule has 2 aromatic rings. The summed E-state index contributed by atoms with van der Waals surface area (Å²) in [6.07, 6.45) is 1.07. The number of anilines is 1. The first-order valence-electron chi connectivity index (χ1n) is 5.83. The maximum Gasteiger partial charge on any atom is 0.205 e. The Labute approximate surface area is 130 Å². The van der Waals surface area contributed by atoms with Gasteiger partial charge in [0.1, 0.15) is 5.01 Å². The first kappa shape index (κ1) is 14.9. The van der Waals surface area contributed by atoms with E-state index >= 15 is 0 Å². The minimum atomic E-state index is 0.689. The van der Waals surface area contributed by atoms with E-state index in [1.54, 1.807) is 35.2 Å². The van der Waals surface area contributed by atoms with Crippen LogP contribution in [-0.4, -0.2) is 16.7 Å². The number of rotatable bonds is 6. The second-order valence-electron chi connectivity index (χ2n) is 3.79. The molecular formula is C12H13Cl2N3S2. The Morgan fingerprint density at radius 1 is 1.32 bits per heavy atom. The van der Waals surface area contributed by atoms with Crippen LogP contribution in [0.25, 0.3) is 0 Å². The van der Waals surface area contributed by atoms with Crippen molar-refractivity contribution < 1.29 is 0 Å². The lowest BCUT2D eigenvalue weighted by Gasteiger charge is -2.02. The molecule has 0 aliphatic heterocycles. The van der Waals surface area contributed by atoms with Crippen molar-refractivity contribution in [3.63, 3.8) is 0 Å². The van der Waals surface area contributed by atoms with Crippen LogP contribution in [0.15, 0.2) is 23.1 Å². The Hall–Kier alpha value is -0.490. The molecule has 2 rings (SSSR count). The molecule has 1 heterocycles. The van der Waals surface area contributed by atoms with Crippen LogP contribution in [-0.2, 0) is 5.75 Å². The summed E-state index contributed by atoms with van der Waals surface area (Å²) in [7, 11) is 0. The van der Waals surface area contributed by atoms with Gasteiger partial charge in [0.2, 0.25) is 5.13 Å². The summed E-state index contributed by atoms with van der Waals surface area (Å²) in [5.41, 5.74) is 0. The normalized spacial score (nSPS) is 10.7. The van der Waals surface area contributed by atoms with Crippen molar-refractivity contribution in [2.75, 3.05) is 11.9 Å². The van der Waals surface area contributed by atoms with Crippen molar-refractivity contribution in [1.29, 1.82) is 0 Å². The van der Waals surface area contributed by atoms with Gasteiger partial charge >= 0.3 is 0 Å². The van der Waals surface area contributed by atoms with Gasteiger partial charge in [-0.05, 0) is 24.6 Å². The number of hydrogen-bond donors (Lipinski definition) is 1. The summed E-state index contributed by atoms with van der Waals surface area (Å²) in [6.45, 7) is 3.04. The van der Waals surface area contributed by atoms with Crippen molar-refractivity contribution in [3.05, 3.63) is 33.3 Å². The molecule has 19 heavy (non-hydrogen) atoms. The molecule has 0 aliphatic rings. The summed E-state index contributed by atoms with van der Waals surface area (Å²) in [6, 6.07) is 5.46. The summed E-state index contributed by atoms with van der Waals surface area (Å²) >= 11 is 15.3. The molecule has 0 bridgehead atoms. The molecule has 0 saturated carbocycles. The molecular weight excluding hydrogens is 321 g/mol. The molecule has 0 amide bonds. The van der Waals surface area contributed by atoms with Crippen molar-refractivity contribution >= 4 is 51.4 Å². The number of nitrogens with one attached hydrogen (secondary N) is 1. The van der Waals surface area contributed by atoms with Crippen LogP contribution in [0.4, 0.5) is 5.13 Å². The molecule has 0 atom stereocenters. The van der Waals surface area contributed by atoms with Crippen molar-refractivity contribution in [2.45, 2.75) is 24.0 Å². The van der Waals surface area contributed by atoms with E-state index < -0.39 is 0 Å². The third-order valence-corrected chi connectivity index (χ3v) is 5.04. The van der Waals surface area contributed by atoms with Crippen molar-refractivity contribution in [1.82, 2.24) is 10.2 Å². The summed E-state index contributed by atoms with van der Waals surface area (Å²) in [4.78, 5) is 0.965. The zero-order valence-electron chi connectivity index (χ0n) is 10.3. The lowest BCUT2D eigenvalue weighted by molar-refractivity contribution is 0.958. The minimum Gasteiger partial charge on any atom is -0.360 e. The van der Waals surface area contributed by atoms with Crippen LogP contribution < -0.4 is 5.32 Å². The van der Waals surface area contributed by atoms with Crippen LogP contribution >= 0.6 is 46.3 Å². The van der Waals surface area contributed by atoms with E-state index in [-0.39, 0.29) is 0 Å². The quantitative estimate of drug-likeness (QED) is 0.758. The van der Waals surface area contributed by atoms with Gasteiger partial charge in [0.15, 0.2) is 0 Å². The molecule has 1 N–H and O–H groups in total. The summed E-state index contributed by atoms with van der Waals surface area (Å²) < 4.78 is 0. The van der Waals surface area contributed by atoms with Gasteiger partial charge in [-0.3, -0.25) is 0 Å². The Kier molecular flexibility index (Phi) is 5.76. The number of hydrogen-bond acceptors (Lipinski definition) is 5. The number of benzene rings is 1. The van der Waals surface area contributed by atoms with E-state index in [0.29, 0.717) is 10.0 Å². The summed E-state index contributed by atoms with van der Waals surface area (Å²) in [5, 5.41) is 14.7. The SMILES string of the molecule is CCCNc1nnc(CSc2cc(Cl)ccc2Cl)s1. The highest BCUT2D eigenvalue weighted by molar-refractivity contribution is 7.98. The number of nitrogens with zero attached hydrogens (tertiary/aromatic N) is 2. The van der Waals surface area contributed by atoms with Crippen LogP contribution in [0.5, 0.6) is 0 Å². The van der Waals surface area contributed by atoms with Gasteiger partial charge in [-0.25, -0.2) is 0 Å². The lowest BCUT2D eigenvalue weighted by Crippen LogP contribution is -1.98. The van der Waals surface area contributed by atoms with Gasteiger partial charge in [-0.15, -0.1) is 22.0 Å². The van der Waals surface area contributed by atoms with Crippen LogP contribution in [0, 0.1) is 0 Å². The Morgan fingerprint density at radius 2 is 2.16 bits per heavy atom. The monoisotopic (exact) mass is 333 g/mol. The van der Waals surface area contributed by atoms with Gasteiger partial charge in [0, 0.05) is 16.5 Å². The average molecular weight is 334 g/mol. The Morgan fingerprint density at radius 3 is 2.95 bits per heavy atom. The fourth-order valence-corrected chi connectivity index (χ4v) is 3.59. The van der Waals surface area contributed by atoms with E-state index in [4.69, 9.17) is 23.2 Å². The molecule has 0 radical (unpaired) electrons. The standard InChI is InChI=1S/C12H13Cl2N3S2/c1-2-5-15-12-17-16-11(19-12)7-18-10-6-8(13)3-4-9(10)14/h3-4,6H,2,5,7H2,1H3,(H,15,17). The highest BCUT2D eigenvalue weighted by atomic mass is 35.5. The Bertz CT molecular complexity index is 546. The molecule has 1 aromatic heterocycles. The third-order valence-electron chi connectivity index (χ3n) is 2.24. The highest BCUT2D eigenvalue weighted by Gasteiger charge is 2.07. The van der Waals surface area contributed by atoms with Crippen molar-refractivity contribution in [3.8, 4) is 0 Å². The molecule has 0 saturated heterocycles. The predicted molar refractivity (Wildman–Crippen MR) is 84.7 cm³/mol. The molecule has 0 spiro atoms. The van der Waals surface area contributed by atoms with Crippen LogP contribution in [0.3, 0.4) is 0 Å². The second kappa shape index (κ2) is 7.33. The maximum absolute atomic E-state index is 6.11. The smallest absolute Gasteiger partial charge is 0.205 e. The molecule has 102 valence electrons. The second-order valence-corrected chi connectivity index (χ2v) is 6.71. The average Bonchev–Trinajstić information content (AvgIpc) is 2.85. The first-order chi connectivity index (χ1) is 9.19. The van der Waals surface area contributed by atoms with Gasteiger partial charge in [-0.1, -0.05) is 41.5 Å². The fourth-order valence-electron chi connectivity index (χ4n) is 1.34. The molecule has 0 unspecified atom stereocenters. The van der Waals surface area contributed by atoms with E-state index in [9.17, 15) is 0 Å². The van der Waals surface area contributed by atoms with Gasteiger partial charge in [0.25, 0.3) is 0 Å². The fraction of sp³-hybridized carbons (Fsp3) is 0.333. The van der Waals surface area contributed by atoms with Crippen LogP contribution in [0.1, 0.15) is 18.4 Å². The zero-order valence-corrected chi connectivity index (χ0v) is 13.5. The third kappa shape index (κ3) is 4.53. The molecule has 1 aromatic carbocycles. The number of halogens is 2. The van der Waals surface area contributed by atoms with Gasteiger partial charge < -0.3 is 5.32 Å². The highest BCUT2D eigenvalue weighted by Crippen LogP contribution is 2.33. The first-order valence-corrected chi connectivity index (χ1v) is 8.39. The van der Waals surface area contributed by atoms with Gasteiger partial charge in [0.05, 0.1) is 10.8 Å². The Balaban J connectivity index is 1.94. The molecule has 7 heteroatoms. The van der Waals surface area contributed by atoms with Crippen LogP contribution in [0.2, 0.25) is 10.0 Å². The number of thioether (sulfide) groups is 1. The molecule has 3 nitrogen and oxygen atoms in total. The minimum absolute atomic E-state index is 0.689. The number of aromatic nitrogens is 2. The van der Waals surface area contributed by atoms with E-state index in [1.165, 1.54) is 0 Å². The van der Waals surface area contributed by atoms with E-state index in [2.05, 4.69) is 22.4 Å². The zero-order chi connectivity index (χ0) is 13.7. The molecule has 0 aliphatic carbocycles. The van der Waals surface area contributed by atoms with E-state index in [0.717, 1.165) is 33.8 Å². The van der Waals surface area contributed by atoms with Gasteiger partial charge in [-0.2, -0.15) is 0 Å². The topological polar surface area (TPSA) is 37.8 Å². The van der Waals surface area contributed by atoms with Crippen molar-refractivity contribution in [2.24, 2.45) is 0 Å². The molecule has 0 fully saturated rings. The lowest BCUT2D eigenvalue weighted by atomic mass is 10.4. The maximum atomic E-state index is 6.11. The summed E-state index contributed by atoms with van der Waals surface area (Å²) in [5.74, 6) is 0.742.